The number of nitrogens with zero attached hydrogens (tertiary/aromatic N) is 4. The quantitative estimate of drug-likeness (QED) is 0.834. The molecule has 132 valence electrons. The van der Waals surface area contributed by atoms with E-state index in [-0.39, 0.29) is 13.1 Å². The molecule has 0 spiro atoms. The summed E-state index contributed by atoms with van der Waals surface area (Å²) in [4.78, 5) is 29.1. The zero-order chi connectivity index (χ0) is 17.8. The number of carbonyl (C=O) groups excluding carboxylic acids is 2. The summed E-state index contributed by atoms with van der Waals surface area (Å²) in [6, 6.07) is 1.05. The Balaban J connectivity index is 1.76. The summed E-state index contributed by atoms with van der Waals surface area (Å²) in [6.45, 7) is 1.39. The standard InChI is InChI=1S/C15H16F2N6O2/c1-8-6-22(7-15(8,16)17)11-4-10(21-23-3-2-18-12(11)23)9-5-19-14(25)20-13(9)24/h2-4,8-9H,5-7H2,1H3,(H2,19,20,24,25). The van der Waals surface area contributed by atoms with Crippen LogP contribution in [0.3, 0.4) is 0 Å². The number of imide groups is 1. The van der Waals surface area contributed by atoms with Crippen LogP contribution in [0, 0.1) is 5.92 Å². The molecule has 0 aromatic carbocycles. The number of urea groups is 1. The average molecular weight is 350 g/mol. The zero-order valence-electron chi connectivity index (χ0n) is 13.4. The lowest BCUT2D eigenvalue weighted by Crippen LogP contribution is -2.51. The third-order valence-electron chi connectivity index (χ3n) is 4.69. The second kappa shape index (κ2) is 5.36. The van der Waals surface area contributed by atoms with Gasteiger partial charge in [0, 0.05) is 31.4 Å². The molecule has 10 heteroatoms. The fourth-order valence-electron chi connectivity index (χ4n) is 3.21. The van der Waals surface area contributed by atoms with Gasteiger partial charge in [0.1, 0.15) is 0 Å². The van der Waals surface area contributed by atoms with Gasteiger partial charge in [0.2, 0.25) is 5.91 Å². The van der Waals surface area contributed by atoms with E-state index in [1.165, 1.54) is 17.6 Å². The summed E-state index contributed by atoms with van der Waals surface area (Å²) in [5.74, 6) is -4.73. The molecule has 2 atom stereocenters. The van der Waals surface area contributed by atoms with Crippen LogP contribution in [0.25, 0.3) is 5.65 Å². The van der Waals surface area contributed by atoms with Gasteiger partial charge in [-0.2, -0.15) is 5.10 Å². The Kier molecular flexibility index (Phi) is 3.37. The van der Waals surface area contributed by atoms with Gasteiger partial charge >= 0.3 is 6.03 Å². The van der Waals surface area contributed by atoms with E-state index >= 15 is 0 Å². The number of rotatable bonds is 2. The first-order valence-electron chi connectivity index (χ1n) is 7.91. The van der Waals surface area contributed by atoms with Crippen molar-refractivity contribution in [2.24, 2.45) is 5.92 Å². The number of imidazole rings is 1. The van der Waals surface area contributed by atoms with Gasteiger partial charge in [-0.05, 0) is 6.07 Å². The zero-order valence-corrected chi connectivity index (χ0v) is 13.4. The number of alkyl halides is 2. The van der Waals surface area contributed by atoms with Crippen molar-refractivity contribution in [2.45, 2.75) is 18.8 Å². The van der Waals surface area contributed by atoms with E-state index < -0.39 is 36.2 Å². The molecular weight excluding hydrogens is 334 g/mol. The number of nitrogens with one attached hydrogen (secondary N) is 2. The Morgan fingerprint density at radius 3 is 2.84 bits per heavy atom. The minimum Gasteiger partial charge on any atom is -0.362 e. The summed E-state index contributed by atoms with van der Waals surface area (Å²) in [6.07, 6.45) is 3.12. The molecule has 0 saturated carbocycles. The van der Waals surface area contributed by atoms with Gasteiger partial charge in [0.05, 0.1) is 23.8 Å². The van der Waals surface area contributed by atoms with Gasteiger partial charge in [-0.25, -0.2) is 23.1 Å². The summed E-state index contributed by atoms with van der Waals surface area (Å²) >= 11 is 0. The molecule has 3 amide bonds. The predicted octanol–water partition coefficient (Wildman–Crippen LogP) is 0.744. The molecular formula is C15H16F2N6O2. The van der Waals surface area contributed by atoms with Crippen LogP contribution in [0.1, 0.15) is 18.5 Å². The second-order valence-corrected chi connectivity index (χ2v) is 6.44. The molecule has 2 fully saturated rings. The number of carbonyl (C=O) groups is 2. The minimum atomic E-state index is -2.79. The average Bonchev–Trinajstić information content (AvgIpc) is 3.11. The highest BCUT2D eigenvalue weighted by atomic mass is 19.3. The van der Waals surface area contributed by atoms with Crippen LogP contribution in [-0.2, 0) is 4.79 Å². The van der Waals surface area contributed by atoms with Gasteiger partial charge in [-0.15, -0.1) is 0 Å². The smallest absolute Gasteiger partial charge is 0.321 e. The van der Waals surface area contributed by atoms with Gasteiger partial charge in [0.15, 0.2) is 5.65 Å². The fraction of sp³-hybridized carbons (Fsp3) is 0.467. The molecule has 4 rings (SSSR count). The Morgan fingerprint density at radius 1 is 1.36 bits per heavy atom. The Bertz CT molecular complexity index is 867. The third-order valence-corrected chi connectivity index (χ3v) is 4.69. The third kappa shape index (κ3) is 2.57. The van der Waals surface area contributed by atoms with Gasteiger partial charge in [-0.1, -0.05) is 6.92 Å². The van der Waals surface area contributed by atoms with Crippen LogP contribution in [0.2, 0.25) is 0 Å². The van der Waals surface area contributed by atoms with E-state index in [9.17, 15) is 18.4 Å². The van der Waals surface area contributed by atoms with Crippen molar-refractivity contribution in [3.63, 3.8) is 0 Å². The van der Waals surface area contributed by atoms with Gasteiger partial charge < -0.3 is 10.2 Å². The maximum absolute atomic E-state index is 14.0. The van der Waals surface area contributed by atoms with Crippen molar-refractivity contribution in [3.8, 4) is 0 Å². The highest BCUT2D eigenvalue weighted by Crippen LogP contribution is 2.37. The Hall–Kier alpha value is -2.78. The number of halogens is 2. The topological polar surface area (TPSA) is 91.6 Å². The molecule has 2 aromatic rings. The van der Waals surface area contributed by atoms with Crippen LogP contribution >= 0.6 is 0 Å². The van der Waals surface area contributed by atoms with Gasteiger partial charge in [-0.3, -0.25) is 10.1 Å². The molecule has 2 saturated heterocycles. The summed E-state index contributed by atoms with van der Waals surface area (Å²) < 4.78 is 29.4. The van der Waals surface area contributed by atoms with E-state index in [0.717, 1.165) is 0 Å². The van der Waals surface area contributed by atoms with Crippen molar-refractivity contribution in [1.29, 1.82) is 0 Å². The van der Waals surface area contributed by atoms with Crippen LogP contribution in [0.4, 0.5) is 19.3 Å². The largest absolute Gasteiger partial charge is 0.362 e. The number of anilines is 1. The van der Waals surface area contributed by atoms with E-state index in [1.54, 1.807) is 17.2 Å². The van der Waals surface area contributed by atoms with Crippen LogP contribution < -0.4 is 15.5 Å². The van der Waals surface area contributed by atoms with E-state index in [2.05, 4.69) is 20.7 Å². The summed E-state index contributed by atoms with van der Waals surface area (Å²) in [5.41, 5.74) is 1.35. The SMILES string of the molecule is CC1CN(c2cc(C3CNC(=O)NC3=O)nn3ccnc23)CC1(F)F. The molecule has 4 heterocycles. The highest BCUT2D eigenvalue weighted by molar-refractivity contribution is 6.00. The molecule has 2 N–H and O–H groups in total. The van der Waals surface area contributed by atoms with Crippen molar-refractivity contribution >= 4 is 23.3 Å². The molecule has 8 nitrogen and oxygen atoms in total. The number of aromatic nitrogens is 3. The van der Waals surface area contributed by atoms with Crippen molar-refractivity contribution < 1.29 is 18.4 Å². The number of amides is 3. The first-order valence-corrected chi connectivity index (χ1v) is 7.91. The molecule has 25 heavy (non-hydrogen) atoms. The van der Waals surface area contributed by atoms with Crippen LogP contribution in [0.5, 0.6) is 0 Å². The highest BCUT2D eigenvalue weighted by Gasteiger charge is 2.46. The van der Waals surface area contributed by atoms with E-state index in [4.69, 9.17) is 0 Å². The maximum atomic E-state index is 14.0. The lowest BCUT2D eigenvalue weighted by Gasteiger charge is -2.24. The van der Waals surface area contributed by atoms with Crippen LogP contribution in [-0.4, -0.2) is 52.1 Å². The van der Waals surface area contributed by atoms with Gasteiger partial charge in [0.25, 0.3) is 5.92 Å². The number of hydrogen-bond donors (Lipinski definition) is 2. The van der Waals surface area contributed by atoms with Crippen molar-refractivity contribution in [2.75, 3.05) is 24.5 Å². The Labute approximate surface area is 141 Å². The molecule has 0 radical (unpaired) electrons. The maximum Gasteiger partial charge on any atom is 0.321 e. The van der Waals surface area contributed by atoms with Crippen molar-refractivity contribution in [3.05, 3.63) is 24.2 Å². The first kappa shape index (κ1) is 15.7. The minimum absolute atomic E-state index is 0.101. The lowest BCUT2D eigenvalue weighted by atomic mass is 10.0. The molecule has 2 aliphatic heterocycles. The lowest BCUT2D eigenvalue weighted by molar-refractivity contribution is -0.122. The molecule has 2 aromatic heterocycles. The fourth-order valence-corrected chi connectivity index (χ4v) is 3.21. The second-order valence-electron chi connectivity index (χ2n) is 6.44. The normalized spacial score (nSPS) is 26.0. The molecule has 0 bridgehead atoms. The number of hydrogen-bond acceptors (Lipinski definition) is 5. The van der Waals surface area contributed by atoms with Crippen LogP contribution in [0.15, 0.2) is 18.5 Å². The molecule has 2 unspecified atom stereocenters. The van der Waals surface area contributed by atoms with E-state index in [1.807, 2.05) is 0 Å². The predicted molar refractivity (Wildman–Crippen MR) is 83.6 cm³/mol. The summed E-state index contributed by atoms with van der Waals surface area (Å²) in [5, 5.41) is 9.08. The molecule has 0 aliphatic carbocycles. The van der Waals surface area contributed by atoms with Crippen molar-refractivity contribution in [1.82, 2.24) is 25.2 Å². The number of fused-ring (bicyclic) bond motifs is 1. The Morgan fingerprint density at radius 2 is 2.16 bits per heavy atom. The first-order chi connectivity index (χ1) is 11.8. The summed E-state index contributed by atoms with van der Waals surface area (Å²) in [7, 11) is 0. The monoisotopic (exact) mass is 350 g/mol. The molecule has 2 aliphatic rings. The van der Waals surface area contributed by atoms with E-state index in [0.29, 0.717) is 17.0 Å².